The molecule has 9 aromatic carbocycles. The first-order valence-corrected chi connectivity index (χ1v) is 18.5. The summed E-state index contributed by atoms with van der Waals surface area (Å²) < 4.78 is 0. The molecule has 252 valence electrons. The van der Waals surface area contributed by atoms with Crippen LogP contribution in [0.1, 0.15) is 0 Å². The molecule has 0 aliphatic heterocycles. The largest absolute Gasteiger partial charge is 0.265 e. The van der Waals surface area contributed by atoms with Crippen molar-refractivity contribution in [3.05, 3.63) is 213 Å². The fourth-order valence-electron chi connectivity index (χ4n) is 8.02. The maximum Gasteiger partial charge on any atom is 0.0273 e. The second-order valence-corrected chi connectivity index (χ2v) is 14.0. The van der Waals surface area contributed by atoms with Crippen LogP contribution in [0.15, 0.2) is 213 Å². The Morgan fingerprint density at radius 1 is 0.185 bits per heavy atom. The highest BCUT2D eigenvalue weighted by molar-refractivity contribution is 6.25. The molecular formula is C53H35N. The fraction of sp³-hybridized carbons (Fsp3) is 0. The summed E-state index contributed by atoms with van der Waals surface area (Å²) >= 11 is 0. The Balaban J connectivity index is 1.02. The van der Waals surface area contributed by atoms with Gasteiger partial charge >= 0.3 is 0 Å². The lowest BCUT2D eigenvalue weighted by Gasteiger charge is -2.13. The topological polar surface area (TPSA) is 12.9 Å². The SMILES string of the molecule is c1ccc(-c2cc(-c3ccncc3)cc(-c3cccc(-c4cccc(-c5cccc(-c6ccc7c8ccccc8c8ccccc8c7c6)c5)c4)c3)c2)cc1. The summed E-state index contributed by atoms with van der Waals surface area (Å²) in [5.74, 6) is 0. The van der Waals surface area contributed by atoms with Gasteiger partial charge in [-0.05, 0) is 154 Å². The molecule has 1 aromatic heterocycles. The number of aromatic nitrogens is 1. The van der Waals surface area contributed by atoms with Crippen LogP contribution in [0.4, 0.5) is 0 Å². The molecule has 0 radical (unpaired) electrons. The maximum atomic E-state index is 4.26. The molecule has 0 atom stereocenters. The minimum atomic E-state index is 1.15. The quantitative estimate of drug-likeness (QED) is 0.159. The predicted molar refractivity (Wildman–Crippen MR) is 229 cm³/mol. The van der Waals surface area contributed by atoms with Crippen LogP contribution in [0.5, 0.6) is 0 Å². The Hall–Kier alpha value is -7.09. The monoisotopic (exact) mass is 685 g/mol. The molecule has 0 unspecified atom stereocenters. The van der Waals surface area contributed by atoms with Crippen LogP contribution < -0.4 is 0 Å². The third kappa shape index (κ3) is 5.83. The van der Waals surface area contributed by atoms with Gasteiger partial charge in [0.25, 0.3) is 0 Å². The zero-order valence-electron chi connectivity index (χ0n) is 29.7. The van der Waals surface area contributed by atoms with Crippen molar-refractivity contribution >= 4 is 32.3 Å². The first-order chi connectivity index (χ1) is 26.7. The minimum Gasteiger partial charge on any atom is -0.265 e. The summed E-state index contributed by atoms with van der Waals surface area (Å²) in [5, 5.41) is 7.77. The molecule has 10 aromatic rings. The van der Waals surface area contributed by atoms with E-state index in [0.29, 0.717) is 0 Å². The van der Waals surface area contributed by atoms with E-state index in [1.807, 2.05) is 12.4 Å². The molecule has 0 spiro atoms. The third-order valence-corrected chi connectivity index (χ3v) is 10.7. The molecule has 0 saturated heterocycles. The van der Waals surface area contributed by atoms with Gasteiger partial charge in [-0.15, -0.1) is 0 Å². The van der Waals surface area contributed by atoms with Crippen molar-refractivity contribution in [2.45, 2.75) is 0 Å². The number of hydrogen-bond acceptors (Lipinski definition) is 1. The maximum absolute atomic E-state index is 4.26. The summed E-state index contributed by atoms with van der Waals surface area (Å²) in [5.41, 5.74) is 14.3. The van der Waals surface area contributed by atoms with Crippen molar-refractivity contribution in [1.29, 1.82) is 0 Å². The molecule has 0 N–H and O–H groups in total. The number of benzene rings is 9. The molecule has 0 amide bonds. The van der Waals surface area contributed by atoms with Gasteiger partial charge in [0.15, 0.2) is 0 Å². The highest BCUT2D eigenvalue weighted by Crippen LogP contribution is 2.39. The van der Waals surface area contributed by atoms with Crippen LogP contribution in [-0.4, -0.2) is 4.98 Å². The van der Waals surface area contributed by atoms with Crippen molar-refractivity contribution in [2.75, 3.05) is 0 Å². The molecule has 1 heterocycles. The smallest absolute Gasteiger partial charge is 0.0273 e. The summed E-state index contributed by atoms with van der Waals surface area (Å²) in [7, 11) is 0. The van der Waals surface area contributed by atoms with E-state index >= 15 is 0 Å². The molecule has 54 heavy (non-hydrogen) atoms. The molecule has 0 saturated carbocycles. The minimum absolute atomic E-state index is 1.15. The van der Waals surface area contributed by atoms with Gasteiger partial charge < -0.3 is 0 Å². The van der Waals surface area contributed by atoms with E-state index in [1.54, 1.807) is 0 Å². The Morgan fingerprint density at radius 2 is 0.500 bits per heavy atom. The van der Waals surface area contributed by atoms with Crippen LogP contribution in [-0.2, 0) is 0 Å². The van der Waals surface area contributed by atoms with E-state index in [1.165, 1.54) is 93.5 Å². The van der Waals surface area contributed by atoms with Gasteiger partial charge in [0.05, 0.1) is 0 Å². The van der Waals surface area contributed by atoms with Crippen molar-refractivity contribution in [3.8, 4) is 66.8 Å². The second kappa shape index (κ2) is 13.5. The fourth-order valence-corrected chi connectivity index (χ4v) is 8.02. The first-order valence-electron chi connectivity index (χ1n) is 18.5. The van der Waals surface area contributed by atoms with E-state index in [4.69, 9.17) is 0 Å². The molecular weight excluding hydrogens is 651 g/mol. The van der Waals surface area contributed by atoms with Crippen molar-refractivity contribution in [3.63, 3.8) is 0 Å². The van der Waals surface area contributed by atoms with Gasteiger partial charge in [-0.1, -0.05) is 146 Å². The molecule has 1 heteroatoms. The number of fused-ring (bicyclic) bond motifs is 6. The highest BCUT2D eigenvalue weighted by Gasteiger charge is 2.12. The lowest BCUT2D eigenvalue weighted by Crippen LogP contribution is -1.88. The molecule has 0 aliphatic rings. The molecule has 10 rings (SSSR count). The van der Waals surface area contributed by atoms with Crippen molar-refractivity contribution in [2.24, 2.45) is 0 Å². The van der Waals surface area contributed by atoms with Gasteiger partial charge in [0, 0.05) is 12.4 Å². The summed E-state index contributed by atoms with van der Waals surface area (Å²) in [6, 6.07) is 73.0. The molecule has 0 aliphatic carbocycles. The Morgan fingerprint density at radius 3 is 0.981 bits per heavy atom. The Labute approximate surface area is 315 Å². The lowest BCUT2D eigenvalue weighted by atomic mass is 9.91. The lowest BCUT2D eigenvalue weighted by molar-refractivity contribution is 1.33. The number of rotatable bonds is 6. The Kier molecular flexibility index (Phi) is 7.89. The van der Waals surface area contributed by atoms with Gasteiger partial charge in [-0.3, -0.25) is 4.98 Å². The Bertz CT molecular complexity index is 2890. The normalized spacial score (nSPS) is 11.3. The average molecular weight is 686 g/mol. The summed E-state index contributed by atoms with van der Waals surface area (Å²) in [6.45, 7) is 0. The van der Waals surface area contributed by atoms with E-state index in [0.717, 1.165) is 5.56 Å². The van der Waals surface area contributed by atoms with E-state index in [2.05, 4.69) is 205 Å². The van der Waals surface area contributed by atoms with E-state index in [9.17, 15) is 0 Å². The van der Waals surface area contributed by atoms with Gasteiger partial charge in [0.1, 0.15) is 0 Å². The van der Waals surface area contributed by atoms with Crippen LogP contribution in [0.3, 0.4) is 0 Å². The zero-order chi connectivity index (χ0) is 35.8. The molecule has 0 bridgehead atoms. The van der Waals surface area contributed by atoms with Gasteiger partial charge in [0.2, 0.25) is 0 Å². The van der Waals surface area contributed by atoms with E-state index < -0.39 is 0 Å². The van der Waals surface area contributed by atoms with Crippen LogP contribution in [0.25, 0.3) is 99.1 Å². The highest BCUT2D eigenvalue weighted by atomic mass is 14.6. The second-order valence-electron chi connectivity index (χ2n) is 14.0. The molecule has 0 fully saturated rings. The van der Waals surface area contributed by atoms with Crippen molar-refractivity contribution < 1.29 is 0 Å². The van der Waals surface area contributed by atoms with Crippen LogP contribution in [0.2, 0.25) is 0 Å². The first kappa shape index (κ1) is 31.6. The number of hydrogen-bond donors (Lipinski definition) is 0. The van der Waals surface area contributed by atoms with Crippen LogP contribution >= 0.6 is 0 Å². The van der Waals surface area contributed by atoms with Crippen LogP contribution in [0, 0.1) is 0 Å². The zero-order valence-corrected chi connectivity index (χ0v) is 29.7. The summed E-state index contributed by atoms with van der Waals surface area (Å²) in [6.07, 6.45) is 3.72. The van der Waals surface area contributed by atoms with E-state index in [-0.39, 0.29) is 0 Å². The van der Waals surface area contributed by atoms with Crippen molar-refractivity contribution in [1.82, 2.24) is 4.98 Å². The third-order valence-electron chi connectivity index (χ3n) is 10.7. The number of nitrogens with zero attached hydrogens (tertiary/aromatic N) is 1. The standard InChI is InChI=1S/C53H35N/c1-2-11-36(12-3-1)45-32-46(37-25-27-54-28-26-37)34-47(33-45)43-18-10-16-41(31-43)39-14-8-13-38(29-39)40-15-9-17-42(30-40)44-23-24-52-50-21-5-4-19-48(50)49-20-6-7-22-51(49)53(52)35-44/h1-35H. The number of pyridine rings is 1. The van der Waals surface area contributed by atoms with Gasteiger partial charge in [-0.25, -0.2) is 0 Å². The van der Waals surface area contributed by atoms with Gasteiger partial charge in [-0.2, -0.15) is 0 Å². The average Bonchev–Trinajstić information content (AvgIpc) is 3.27. The molecule has 1 nitrogen and oxygen atoms in total. The predicted octanol–water partition coefficient (Wildman–Crippen LogP) is 14.5. The summed E-state index contributed by atoms with van der Waals surface area (Å²) in [4.78, 5) is 4.26.